The Hall–Kier alpha value is -2.04. The quantitative estimate of drug-likeness (QED) is 0.837. The molecule has 0 aliphatic rings. The number of nitrogens with two attached hydrogens (primary N) is 1. The predicted octanol–water partition coefficient (Wildman–Crippen LogP) is 1.31. The summed E-state index contributed by atoms with van der Waals surface area (Å²) in [6.45, 7) is 2.08. The van der Waals surface area contributed by atoms with Gasteiger partial charge in [0.25, 0.3) is 5.56 Å². The first-order valence-electron chi connectivity index (χ1n) is 5.63. The molecule has 17 heavy (non-hydrogen) atoms. The molecule has 5 nitrogen and oxygen atoms in total. The summed E-state index contributed by atoms with van der Waals surface area (Å²) in [6.07, 6.45) is 3.58. The van der Waals surface area contributed by atoms with Gasteiger partial charge < -0.3 is 10.3 Å². The van der Waals surface area contributed by atoms with Crippen LogP contribution in [-0.4, -0.2) is 14.8 Å². The molecule has 3 N–H and O–H groups in total. The van der Waals surface area contributed by atoms with E-state index in [-0.39, 0.29) is 5.56 Å². The highest BCUT2D eigenvalue weighted by atomic mass is 16.1. The maximum absolute atomic E-state index is 11.6. The number of nitrogens with zero attached hydrogens (tertiary/aromatic N) is 2. The van der Waals surface area contributed by atoms with Crippen molar-refractivity contribution in [2.24, 2.45) is 7.05 Å². The highest BCUT2D eigenvalue weighted by Crippen LogP contribution is 2.25. The second kappa shape index (κ2) is 4.45. The van der Waals surface area contributed by atoms with E-state index in [9.17, 15) is 4.79 Å². The fraction of sp³-hybridized carbons (Fsp3) is 0.333. The van der Waals surface area contributed by atoms with Gasteiger partial charge in [0.15, 0.2) is 0 Å². The average Bonchev–Trinajstić information content (AvgIpc) is 2.66. The monoisotopic (exact) mass is 232 g/mol. The van der Waals surface area contributed by atoms with Crippen LogP contribution in [0, 0.1) is 0 Å². The van der Waals surface area contributed by atoms with Gasteiger partial charge in [0, 0.05) is 30.4 Å². The van der Waals surface area contributed by atoms with Gasteiger partial charge in [0.2, 0.25) is 0 Å². The molecule has 90 valence electrons. The van der Waals surface area contributed by atoms with Crippen molar-refractivity contribution in [2.75, 3.05) is 5.73 Å². The van der Waals surface area contributed by atoms with E-state index in [0.717, 1.165) is 29.7 Å². The average molecular weight is 232 g/mol. The molecule has 0 fully saturated rings. The minimum atomic E-state index is -0.0434. The van der Waals surface area contributed by atoms with Crippen molar-refractivity contribution in [3.8, 4) is 11.3 Å². The molecule has 2 aromatic heterocycles. The number of anilines is 1. The van der Waals surface area contributed by atoms with Crippen molar-refractivity contribution in [1.82, 2.24) is 14.8 Å². The first-order chi connectivity index (χ1) is 8.13. The van der Waals surface area contributed by atoms with Crippen molar-refractivity contribution < 1.29 is 0 Å². The number of nitrogen functional groups attached to an aromatic ring is 1. The van der Waals surface area contributed by atoms with Crippen LogP contribution in [0.5, 0.6) is 0 Å². The lowest BCUT2D eigenvalue weighted by atomic mass is 10.1. The number of pyridine rings is 1. The molecular formula is C12H16N4O. The molecule has 2 heterocycles. The fourth-order valence-electron chi connectivity index (χ4n) is 1.83. The minimum Gasteiger partial charge on any atom is -0.382 e. The molecular weight excluding hydrogens is 216 g/mol. The summed E-state index contributed by atoms with van der Waals surface area (Å²) in [5, 5.41) is 6.91. The molecule has 0 aliphatic heterocycles. The van der Waals surface area contributed by atoms with E-state index in [1.807, 2.05) is 6.07 Å². The maximum atomic E-state index is 11.6. The molecule has 0 saturated heterocycles. The summed E-state index contributed by atoms with van der Waals surface area (Å²) in [4.78, 5) is 11.6. The number of aromatic amines is 1. The standard InChI is InChI=1S/C12H16N4O/c1-3-4-9-11(14-15-12(9)13)8-5-6-16(2)10(17)7-8/h5-7H,3-4H2,1-2H3,(H3,13,14,15). The third-order valence-corrected chi connectivity index (χ3v) is 2.79. The second-order valence-electron chi connectivity index (χ2n) is 4.08. The maximum Gasteiger partial charge on any atom is 0.250 e. The molecule has 2 aromatic rings. The number of rotatable bonds is 3. The molecule has 0 aromatic carbocycles. The van der Waals surface area contributed by atoms with Crippen LogP contribution < -0.4 is 11.3 Å². The smallest absolute Gasteiger partial charge is 0.250 e. The highest BCUT2D eigenvalue weighted by Gasteiger charge is 2.12. The van der Waals surface area contributed by atoms with Crippen LogP contribution in [-0.2, 0) is 13.5 Å². The molecule has 0 bridgehead atoms. The lowest BCUT2D eigenvalue weighted by molar-refractivity contribution is 0.860. The lowest BCUT2D eigenvalue weighted by Gasteiger charge is -2.03. The molecule has 0 unspecified atom stereocenters. The van der Waals surface area contributed by atoms with Gasteiger partial charge in [-0.2, -0.15) is 5.10 Å². The normalized spacial score (nSPS) is 10.7. The van der Waals surface area contributed by atoms with Crippen molar-refractivity contribution in [1.29, 1.82) is 0 Å². The first-order valence-corrected chi connectivity index (χ1v) is 5.63. The summed E-state index contributed by atoms with van der Waals surface area (Å²) in [6, 6.07) is 3.47. The van der Waals surface area contributed by atoms with Crippen molar-refractivity contribution in [2.45, 2.75) is 19.8 Å². The Kier molecular flexibility index (Phi) is 2.99. The number of nitrogens with one attached hydrogen (secondary N) is 1. The molecule has 0 amide bonds. The van der Waals surface area contributed by atoms with Gasteiger partial charge in [-0.1, -0.05) is 13.3 Å². The van der Waals surface area contributed by atoms with Gasteiger partial charge >= 0.3 is 0 Å². The molecule has 2 rings (SSSR count). The van der Waals surface area contributed by atoms with E-state index in [1.165, 1.54) is 4.57 Å². The number of aromatic nitrogens is 3. The molecule has 0 radical (unpaired) electrons. The molecule has 5 heteroatoms. The molecule has 0 saturated carbocycles. The predicted molar refractivity (Wildman–Crippen MR) is 67.7 cm³/mol. The van der Waals surface area contributed by atoms with E-state index in [2.05, 4.69) is 17.1 Å². The summed E-state index contributed by atoms with van der Waals surface area (Å²) in [5.74, 6) is 0.516. The molecule has 0 aliphatic carbocycles. The van der Waals surface area contributed by atoms with Crippen LogP contribution >= 0.6 is 0 Å². The Bertz CT molecular complexity index is 582. The van der Waals surface area contributed by atoms with Gasteiger partial charge in [0.1, 0.15) is 5.82 Å². The lowest BCUT2D eigenvalue weighted by Crippen LogP contribution is -2.14. The third-order valence-electron chi connectivity index (χ3n) is 2.79. The zero-order valence-corrected chi connectivity index (χ0v) is 10.0. The van der Waals surface area contributed by atoms with Crippen LogP contribution in [0.15, 0.2) is 23.1 Å². The zero-order valence-electron chi connectivity index (χ0n) is 10.0. The zero-order chi connectivity index (χ0) is 12.4. The Morgan fingerprint density at radius 2 is 2.29 bits per heavy atom. The Balaban J connectivity index is 2.52. The SMILES string of the molecule is CCCc1c(N)n[nH]c1-c1ccn(C)c(=O)c1. The third kappa shape index (κ3) is 2.08. The van der Waals surface area contributed by atoms with E-state index in [4.69, 9.17) is 5.73 Å². The molecule has 0 atom stereocenters. The van der Waals surface area contributed by atoms with E-state index >= 15 is 0 Å². The van der Waals surface area contributed by atoms with Crippen LogP contribution in [0.4, 0.5) is 5.82 Å². The minimum absolute atomic E-state index is 0.0434. The number of aryl methyl sites for hydroxylation is 1. The fourth-order valence-corrected chi connectivity index (χ4v) is 1.83. The van der Waals surface area contributed by atoms with E-state index < -0.39 is 0 Å². The van der Waals surface area contributed by atoms with E-state index in [1.54, 1.807) is 19.3 Å². The van der Waals surface area contributed by atoms with Crippen molar-refractivity contribution >= 4 is 5.82 Å². The Labute approximate surface area is 99.3 Å². The largest absolute Gasteiger partial charge is 0.382 e. The summed E-state index contributed by atoms with van der Waals surface area (Å²) in [5.41, 5.74) is 8.43. The van der Waals surface area contributed by atoms with Gasteiger partial charge in [0.05, 0.1) is 5.69 Å². The van der Waals surface area contributed by atoms with E-state index in [0.29, 0.717) is 5.82 Å². The van der Waals surface area contributed by atoms with Crippen LogP contribution in [0.2, 0.25) is 0 Å². The van der Waals surface area contributed by atoms with Gasteiger partial charge in [-0.15, -0.1) is 0 Å². The van der Waals surface area contributed by atoms with Crippen molar-refractivity contribution in [3.63, 3.8) is 0 Å². The second-order valence-corrected chi connectivity index (χ2v) is 4.08. The van der Waals surface area contributed by atoms with Crippen LogP contribution in [0.3, 0.4) is 0 Å². The highest BCUT2D eigenvalue weighted by molar-refractivity contribution is 5.67. The van der Waals surface area contributed by atoms with Gasteiger partial charge in [-0.3, -0.25) is 9.89 Å². The topological polar surface area (TPSA) is 76.7 Å². The van der Waals surface area contributed by atoms with Crippen LogP contribution in [0.25, 0.3) is 11.3 Å². The number of hydrogen-bond donors (Lipinski definition) is 2. The number of H-pyrrole nitrogens is 1. The Morgan fingerprint density at radius 3 is 2.94 bits per heavy atom. The summed E-state index contributed by atoms with van der Waals surface area (Å²) in [7, 11) is 1.72. The first kappa shape index (κ1) is 11.4. The van der Waals surface area contributed by atoms with Gasteiger partial charge in [-0.25, -0.2) is 0 Å². The summed E-state index contributed by atoms with van der Waals surface area (Å²) < 4.78 is 1.53. The Morgan fingerprint density at radius 1 is 1.53 bits per heavy atom. The number of hydrogen-bond acceptors (Lipinski definition) is 3. The summed E-state index contributed by atoms with van der Waals surface area (Å²) >= 11 is 0. The van der Waals surface area contributed by atoms with Crippen molar-refractivity contribution in [3.05, 3.63) is 34.2 Å². The van der Waals surface area contributed by atoms with Gasteiger partial charge in [-0.05, 0) is 12.5 Å². The molecule has 0 spiro atoms. The van der Waals surface area contributed by atoms with Crippen LogP contribution in [0.1, 0.15) is 18.9 Å².